The Labute approximate surface area is 433 Å². The molecule has 10 aromatic carbocycles. The molecule has 74 heavy (non-hydrogen) atoms. The average Bonchev–Trinajstić information content (AvgIpc) is 4.37. The van der Waals surface area contributed by atoms with Crippen molar-refractivity contribution in [3.8, 4) is 55.6 Å². The lowest BCUT2D eigenvalue weighted by Gasteiger charge is -2.35. The fraction of sp³-hybridized carbons (Fsp3) is 0.153. The highest BCUT2D eigenvalue weighted by molar-refractivity contribution is 6.12. The summed E-state index contributed by atoms with van der Waals surface area (Å²) in [5.74, 6) is 0.605. The number of fused-ring (bicyclic) bond motifs is 23. The van der Waals surface area contributed by atoms with Crippen LogP contribution in [0.4, 0.5) is 0 Å². The van der Waals surface area contributed by atoms with Gasteiger partial charge >= 0.3 is 0 Å². The summed E-state index contributed by atoms with van der Waals surface area (Å²) in [6, 6.07) is 81.2. The molecule has 0 saturated carbocycles. The lowest BCUT2D eigenvalue weighted by atomic mass is 9.70. The molecule has 2 heteroatoms. The molecule has 2 nitrogen and oxygen atoms in total. The van der Waals surface area contributed by atoms with Gasteiger partial charge in [-0.05, 0) is 154 Å². The summed E-state index contributed by atoms with van der Waals surface area (Å²) in [4.78, 5) is 15.5. The van der Waals surface area contributed by atoms with E-state index in [1.807, 2.05) is 0 Å². The Kier molecular flexibility index (Phi) is 8.98. The summed E-state index contributed by atoms with van der Waals surface area (Å²) in [5.41, 5.74) is 25.1. The van der Waals surface area contributed by atoms with Crippen LogP contribution >= 0.6 is 0 Å². The van der Waals surface area contributed by atoms with Crippen LogP contribution in [0.15, 0.2) is 218 Å². The lowest BCUT2D eigenvalue weighted by molar-refractivity contribution is 0.103. The molecular weight excluding hydrogens is 895 g/mol. The van der Waals surface area contributed by atoms with E-state index in [0.717, 1.165) is 12.0 Å². The van der Waals surface area contributed by atoms with Crippen molar-refractivity contribution in [1.29, 1.82) is 0 Å². The normalized spacial score (nSPS) is 16.2. The van der Waals surface area contributed by atoms with Crippen molar-refractivity contribution in [2.45, 2.75) is 57.9 Å². The van der Waals surface area contributed by atoms with Gasteiger partial charge in [-0.15, -0.1) is 0 Å². The molecule has 2 atom stereocenters. The van der Waals surface area contributed by atoms with E-state index in [4.69, 9.17) is 0 Å². The quantitative estimate of drug-likeness (QED) is 0.152. The molecule has 1 heterocycles. The van der Waals surface area contributed by atoms with E-state index in [-0.39, 0.29) is 11.2 Å². The smallest absolute Gasteiger partial charge is 0.193 e. The van der Waals surface area contributed by atoms with E-state index >= 15 is 4.79 Å². The van der Waals surface area contributed by atoms with Crippen molar-refractivity contribution < 1.29 is 4.79 Å². The van der Waals surface area contributed by atoms with E-state index in [0.29, 0.717) is 23.1 Å². The van der Waals surface area contributed by atoms with Crippen molar-refractivity contribution in [3.63, 3.8) is 0 Å². The number of hydrogen-bond acceptors (Lipinski definition) is 1. The molecule has 354 valence electrons. The summed E-state index contributed by atoms with van der Waals surface area (Å²) < 4.78 is 2.64. The number of carbonyl (C=O) groups is 1. The largest absolute Gasteiger partial charge is 0.337 e. The van der Waals surface area contributed by atoms with Crippen molar-refractivity contribution in [1.82, 2.24) is 4.57 Å². The SMILES string of the molecule is CC(C)CC(n1c2ccccc2c2cc(-c3ccc4c(c3)-c3ccccc3C43c4ccccc4-c4ccc(C(=O)c5ccc6c(c5)C5(c7ccccc7-c7ccccc75)c5ccccc5-6)cc43)ccc21)C(C)(C)C. The summed E-state index contributed by atoms with van der Waals surface area (Å²) in [7, 11) is 0. The van der Waals surface area contributed by atoms with Crippen molar-refractivity contribution in [3.05, 3.63) is 274 Å². The minimum atomic E-state index is -0.608. The number of benzene rings is 10. The molecule has 0 N–H and O–H groups in total. The third-order valence-corrected chi connectivity index (χ3v) is 17.7. The van der Waals surface area contributed by atoms with Crippen molar-refractivity contribution in [2.75, 3.05) is 0 Å². The maximum atomic E-state index is 15.5. The zero-order chi connectivity index (χ0) is 49.8. The van der Waals surface area contributed by atoms with Crippen LogP contribution in [-0.2, 0) is 10.8 Å². The Morgan fingerprint density at radius 2 is 0.784 bits per heavy atom. The Hall–Kier alpha value is -8.33. The van der Waals surface area contributed by atoms with Gasteiger partial charge in [0.25, 0.3) is 0 Å². The van der Waals surface area contributed by atoms with Crippen LogP contribution in [0.2, 0.25) is 0 Å². The van der Waals surface area contributed by atoms with Crippen LogP contribution in [0.25, 0.3) is 77.4 Å². The third kappa shape index (κ3) is 5.58. The molecule has 4 aliphatic carbocycles. The first-order chi connectivity index (χ1) is 36.1. The fourth-order valence-electron chi connectivity index (χ4n) is 14.7. The first-order valence-corrected chi connectivity index (χ1v) is 26.6. The lowest BCUT2D eigenvalue weighted by Crippen LogP contribution is -2.26. The minimum Gasteiger partial charge on any atom is -0.337 e. The van der Waals surface area contributed by atoms with Crippen molar-refractivity contribution in [2.24, 2.45) is 11.3 Å². The summed E-state index contributed by atoms with van der Waals surface area (Å²) >= 11 is 0. The molecule has 2 spiro atoms. The molecule has 2 unspecified atom stereocenters. The number of nitrogens with zero attached hydrogens (tertiary/aromatic N) is 1. The number of hydrogen-bond donors (Lipinski definition) is 0. The Morgan fingerprint density at radius 3 is 1.27 bits per heavy atom. The molecule has 0 amide bonds. The molecule has 0 fully saturated rings. The van der Waals surface area contributed by atoms with Crippen LogP contribution in [0.3, 0.4) is 0 Å². The van der Waals surface area contributed by atoms with E-state index in [1.165, 1.54) is 116 Å². The zero-order valence-corrected chi connectivity index (χ0v) is 42.5. The molecule has 0 saturated heterocycles. The van der Waals surface area contributed by atoms with Gasteiger partial charge in [0.15, 0.2) is 5.78 Å². The monoisotopic (exact) mass is 949 g/mol. The zero-order valence-electron chi connectivity index (χ0n) is 42.5. The molecule has 15 rings (SSSR count). The number of para-hydroxylation sites is 1. The Morgan fingerprint density at radius 1 is 0.392 bits per heavy atom. The predicted octanol–water partition coefficient (Wildman–Crippen LogP) is 18.0. The second kappa shape index (κ2) is 15.4. The topological polar surface area (TPSA) is 22.0 Å². The van der Waals surface area contributed by atoms with Crippen molar-refractivity contribution >= 4 is 27.6 Å². The van der Waals surface area contributed by atoms with Gasteiger partial charge in [-0.2, -0.15) is 0 Å². The first-order valence-electron chi connectivity index (χ1n) is 26.6. The molecule has 0 aliphatic heterocycles. The van der Waals surface area contributed by atoms with E-state index in [2.05, 4.69) is 258 Å². The number of ketones is 1. The third-order valence-electron chi connectivity index (χ3n) is 17.7. The molecule has 4 aliphatic rings. The van der Waals surface area contributed by atoms with Crippen LogP contribution in [0.5, 0.6) is 0 Å². The number of aromatic nitrogens is 1. The predicted molar refractivity (Wildman–Crippen MR) is 305 cm³/mol. The number of carbonyl (C=O) groups excluding carboxylic acids is 1. The molecule has 1 aromatic heterocycles. The van der Waals surface area contributed by atoms with Gasteiger partial charge < -0.3 is 4.57 Å². The van der Waals surface area contributed by atoms with Gasteiger partial charge in [0.05, 0.1) is 10.8 Å². The van der Waals surface area contributed by atoms with E-state index < -0.39 is 10.8 Å². The standard InChI is InChI=1S/C72H55NO/c1-43(2)38-68(70(3,4)5)73-66-29-17-11-23-55(66)57-40-45(33-37-67(57)73)44-32-36-63-56(39-44)52-22-10-16-28-62(52)72(63)61-27-15-9-21-51(61)54-35-31-47(42-65(54)72)69(74)46-30-34-53-50-20-8-14-26-60(50)71(64(53)41-46)58-24-12-6-18-48(58)49-19-7-13-25-59(49)71/h6-37,39-43,68H,38H2,1-5H3. The highest BCUT2D eigenvalue weighted by atomic mass is 16.1. The second-order valence-corrected chi connectivity index (χ2v) is 23.0. The van der Waals surface area contributed by atoms with Crippen LogP contribution < -0.4 is 0 Å². The molecule has 0 radical (unpaired) electrons. The van der Waals surface area contributed by atoms with E-state index in [9.17, 15) is 0 Å². The summed E-state index contributed by atoms with van der Waals surface area (Å²) in [5, 5.41) is 2.60. The maximum absolute atomic E-state index is 15.5. The van der Waals surface area contributed by atoms with Gasteiger partial charge in [0.2, 0.25) is 0 Å². The van der Waals surface area contributed by atoms with Crippen LogP contribution in [0.1, 0.15) is 108 Å². The first kappa shape index (κ1) is 43.3. The van der Waals surface area contributed by atoms with Gasteiger partial charge in [-0.25, -0.2) is 0 Å². The van der Waals surface area contributed by atoms with Gasteiger partial charge in [0, 0.05) is 39.0 Å². The minimum absolute atomic E-state index is 0.0315. The fourth-order valence-corrected chi connectivity index (χ4v) is 14.7. The average molecular weight is 950 g/mol. The molecule has 0 bridgehead atoms. The van der Waals surface area contributed by atoms with Gasteiger partial charge in [0.1, 0.15) is 0 Å². The summed E-state index contributed by atoms with van der Waals surface area (Å²) in [6.07, 6.45) is 1.11. The summed E-state index contributed by atoms with van der Waals surface area (Å²) in [6.45, 7) is 11.9. The Bertz CT molecular complexity index is 4170. The van der Waals surface area contributed by atoms with Gasteiger partial charge in [-0.1, -0.05) is 217 Å². The number of rotatable bonds is 6. The van der Waals surface area contributed by atoms with E-state index in [1.54, 1.807) is 0 Å². The van der Waals surface area contributed by atoms with Crippen LogP contribution in [0, 0.1) is 11.3 Å². The van der Waals surface area contributed by atoms with Crippen LogP contribution in [-0.4, -0.2) is 10.4 Å². The maximum Gasteiger partial charge on any atom is 0.193 e. The highest BCUT2D eigenvalue weighted by Crippen LogP contribution is 2.65. The molecule has 11 aromatic rings. The highest BCUT2D eigenvalue weighted by Gasteiger charge is 2.53. The molecular formula is C72H55NO. The Balaban J connectivity index is 0.878. The van der Waals surface area contributed by atoms with Gasteiger partial charge in [-0.3, -0.25) is 4.79 Å². The second-order valence-electron chi connectivity index (χ2n) is 23.0.